The molecule has 2 aliphatic heterocycles. The monoisotopic (exact) mass is 366 g/mol. The summed E-state index contributed by atoms with van der Waals surface area (Å²) in [4.78, 5) is 21.6. The molecule has 5 nitrogen and oxygen atoms in total. The maximum atomic E-state index is 13.3. The molecule has 0 bridgehead atoms. The van der Waals surface area contributed by atoms with Crippen molar-refractivity contribution in [3.05, 3.63) is 53.2 Å². The first-order valence-electron chi connectivity index (χ1n) is 8.81. The third kappa shape index (κ3) is 2.71. The molecule has 3 heterocycles. The van der Waals surface area contributed by atoms with Crippen LogP contribution >= 0.6 is 11.6 Å². The van der Waals surface area contributed by atoms with E-state index in [1.54, 1.807) is 18.3 Å². The standard InChI is InChI=1S/C20H19ClN4O/c21-16-6-1-2-7-17(16)25-12-9-20(19(25)26)8-4-11-24(14-20)18-15(13-22)5-3-10-23-18/h1-3,5-7,10H,4,8-9,11-12,14H2/t20-/m1/s1. The number of hydrogen-bond acceptors (Lipinski definition) is 4. The Morgan fingerprint density at radius 1 is 1.15 bits per heavy atom. The molecule has 1 aromatic heterocycles. The number of carbonyl (C=O) groups is 1. The van der Waals surface area contributed by atoms with Gasteiger partial charge in [0.05, 0.1) is 21.7 Å². The molecule has 2 aromatic rings. The largest absolute Gasteiger partial charge is 0.354 e. The Morgan fingerprint density at radius 3 is 2.81 bits per heavy atom. The van der Waals surface area contributed by atoms with Gasteiger partial charge in [0.15, 0.2) is 0 Å². The zero-order chi connectivity index (χ0) is 18.1. The van der Waals surface area contributed by atoms with E-state index < -0.39 is 5.41 Å². The fourth-order valence-corrected chi connectivity index (χ4v) is 4.39. The van der Waals surface area contributed by atoms with Crippen LogP contribution in [0.5, 0.6) is 0 Å². The van der Waals surface area contributed by atoms with Crippen LogP contribution in [0.4, 0.5) is 11.5 Å². The van der Waals surface area contributed by atoms with Crippen molar-refractivity contribution in [2.24, 2.45) is 5.41 Å². The molecule has 0 aliphatic carbocycles. The number of anilines is 2. The summed E-state index contributed by atoms with van der Waals surface area (Å²) in [5, 5.41) is 9.97. The fraction of sp³-hybridized carbons (Fsp3) is 0.350. The van der Waals surface area contributed by atoms with Crippen molar-refractivity contribution in [1.29, 1.82) is 5.26 Å². The quantitative estimate of drug-likeness (QED) is 0.814. The number of carbonyl (C=O) groups excluding carboxylic acids is 1. The van der Waals surface area contributed by atoms with Crippen LogP contribution in [-0.4, -0.2) is 30.5 Å². The van der Waals surface area contributed by atoms with Gasteiger partial charge in [-0.3, -0.25) is 4.79 Å². The maximum absolute atomic E-state index is 13.3. The molecule has 4 rings (SSSR count). The van der Waals surface area contributed by atoms with Crippen LogP contribution in [0.15, 0.2) is 42.6 Å². The molecular formula is C20H19ClN4O. The van der Waals surface area contributed by atoms with Crippen molar-refractivity contribution in [2.75, 3.05) is 29.4 Å². The molecular weight excluding hydrogens is 348 g/mol. The number of rotatable bonds is 2. The molecule has 6 heteroatoms. The first-order valence-corrected chi connectivity index (χ1v) is 9.19. The SMILES string of the molecule is N#Cc1cccnc1N1CCC[C@@]2(CCN(c3ccccc3Cl)C2=O)C1. The van der Waals surface area contributed by atoms with Gasteiger partial charge < -0.3 is 9.80 Å². The number of halogens is 1. The van der Waals surface area contributed by atoms with E-state index in [4.69, 9.17) is 11.6 Å². The van der Waals surface area contributed by atoms with Crippen molar-refractivity contribution in [1.82, 2.24) is 4.98 Å². The van der Waals surface area contributed by atoms with Gasteiger partial charge >= 0.3 is 0 Å². The second-order valence-electron chi connectivity index (χ2n) is 6.95. The van der Waals surface area contributed by atoms with Gasteiger partial charge in [-0.1, -0.05) is 23.7 Å². The van der Waals surface area contributed by atoms with Crippen LogP contribution in [0.2, 0.25) is 5.02 Å². The second-order valence-corrected chi connectivity index (χ2v) is 7.36. The third-order valence-corrected chi connectivity index (χ3v) is 5.76. The summed E-state index contributed by atoms with van der Waals surface area (Å²) < 4.78 is 0. The summed E-state index contributed by atoms with van der Waals surface area (Å²) in [7, 11) is 0. The van der Waals surface area contributed by atoms with Crippen LogP contribution in [0.1, 0.15) is 24.8 Å². The summed E-state index contributed by atoms with van der Waals surface area (Å²) >= 11 is 6.31. The lowest BCUT2D eigenvalue weighted by molar-refractivity contribution is -0.126. The number of pyridine rings is 1. The Bertz CT molecular complexity index is 893. The van der Waals surface area contributed by atoms with E-state index in [1.807, 2.05) is 29.2 Å². The van der Waals surface area contributed by atoms with Crippen molar-refractivity contribution < 1.29 is 4.79 Å². The number of nitriles is 1. The summed E-state index contributed by atoms with van der Waals surface area (Å²) in [5.74, 6) is 0.808. The molecule has 26 heavy (non-hydrogen) atoms. The van der Waals surface area contributed by atoms with Crippen molar-refractivity contribution >= 4 is 29.0 Å². The first kappa shape index (κ1) is 16.9. The van der Waals surface area contributed by atoms with Gasteiger partial charge in [0, 0.05) is 25.8 Å². The lowest BCUT2D eigenvalue weighted by Gasteiger charge is -2.39. The molecule has 1 atom stereocenters. The number of piperidine rings is 1. The van der Waals surface area contributed by atoms with Crippen LogP contribution in [-0.2, 0) is 4.79 Å². The van der Waals surface area contributed by atoms with Crippen molar-refractivity contribution in [3.63, 3.8) is 0 Å². The zero-order valence-corrected chi connectivity index (χ0v) is 15.1. The number of nitrogens with zero attached hydrogens (tertiary/aromatic N) is 4. The smallest absolute Gasteiger partial charge is 0.235 e. The Hall–Kier alpha value is -2.58. The molecule has 0 unspecified atom stereocenters. The van der Waals surface area contributed by atoms with E-state index in [0.29, 0.717) is 29.5 Å². The number of hydrogen-bond donors (Lipinski definition) is 0. The van der Waals surface area contributed by atoms with Gasteiger partial charge in [-0.25, -0.2) is 4.98 Å². The normalized spacial score (nSPS) is 22.7. The minimum absolute atomic E-state index is 0.129. The summed E-state index contributed by atoms with van der Waals surface area (Å²) in [6.07, 6.45) is 4.26. The Labute approximate surface area is 157 Å². The summed E-state index contributed by atoms with van der Waals surface area (Å²) in [6.45, 7) is 2.08. The van der Waals surface area contributed by atoms with Gasteiger partial charge in [-0.05, 0) is 43.5 Å². The molecule has 1 amide bonds. The highest BCUT2D eigenvalue weighted by molar-refractivity contribution is 6.34. The van der Waals surface area contributed by atoms with Crippen molar-refractivity contribution in [2.45, 2.75) is 19.3 Å². The lowest BCUT2D eigenvalue weighted by Crippen LogP contribution is -2.48. The first-order chi connectivity index (χ1) is 12.6. The molecule has 0 radical (unpaired) electrons. The molecule has 1 spiro atoms. The Morgan fingerprint density at radius 2 is 2.00 bits per heavy atom. The molecule has 2 aliphatic rings. The molecule has 0 N–H and O–H groups in total. The van der Waals surface area contributed by atoms with Crippen molar-refractivity contribution in [3.8, 4) is 6.07 Å². The maximum Gasteiger partial charge on any atom is 0.235 e. The minimum Gasteiger partial charge on any atom is -0.354 e. The van der Waals surface area contributed by atoms with Gasteiger partial charge in [-0.2, -0.15) is 5.26 Å². The summed E-state index contributed by atoms with van der Waals surface area (Å²) in [5.41, 5.74) is 0.906. The Balaban J connectivity index is 1.62. The molecule has 2 saturated heterocycles. The average Bonchev–Trinajstić information content (AvgIpc) is 2.98. The van der Waals surface area contributed by atoms with E-state index in [1.165, 1.54) is 0 Å². The highest BCUT2D eigenvalue weighted by atomic mass is 35.5. The highest BCUT2D eigenvalue weighted by Gasteiger charge is 2.49. The molecule has 0 saturated carbocycles. The predicted molar refractivity (Wildman–Crippen MR) is 101 cm³/mol. The van der Waals surface area contributed by atoms with E-state index in [9.17, 15) is 10.1 Å². The zero-order valence-electron chi connectivity index (χ0n) is 14.4. The average molecular weight is 367 g/mol. The van der Waals surface area contributed by atoms with Crippen LogP contribution in [0.25, 0.3) is 0 Å². The van der Waals surface area contributed by atoms with Gasteiger partial charge in [-0.15, -0.1) is 0 Å². The highest BCUT2D eigenvalue weighted by Crippen LogP contribution is 2.44. The number of para-hydroxylation sites is 1. The van der Waals surface area contributed by atoms with Gasteiger partial charge in [0.1, 0.15) is 11.9 Å². The molecule has 132 valence electrons. The number of benzene rings is 1. The molecule has 2 fully saturated rings. The van der Waals surface area contributed by atoms with E-state index >= 15 is 0 Å². The second kappa shape index (κ2) is 6.62. The van der Waals surface area contributed by atoms with Gasteiger partial charge in [0.25, 0.3) is 0 Å². The van der Waals surface area contributed by atoms with Crippen LogP contribution in [0.3, 0.4) is 0 Å². The van der Waals surface area contributed by atoms with Gasteiger partial charge in [0.2, 0.25) is 5.91 Å². The van der Waals surface area contributed by atoms with E-state index in [-0.39, 0.29) is 5.91 Å². The minimum atomic E-state index is -0.429. The van der Waals surface area contributed by atoms with E-state index in [2.05, 4.69) is 16.0 Å². The number of amides is 1. The molecule has 1 aromatic carbocycles. The van der Waals surface area contributed by atoms with E-state index in [0.717, 1.165) is 31.5 Å². The lowest BCUT2D eigenvalue weighted by atomic mass is 9.78. The predicted octanol–water partition coefficient (Wildman–Crippen LogP) is 3.63. The Kier molecular flexibility index (Phi) is 4.29. The van der Waals surface area contributed by atoms with Crippen LogP contribution < -0.4 is 9.80 Å². The third-order valence-electron chi connectivity index (χ3n) is 5.44. The summed E-state index contributed by atoms with van der Waals surface area (Å²) in [6, 6.07) is 13.2. The fourth-order valence-electron chi connectivity index (χ4n) is 4.15. The number of aromatic nitrogens is 1. The topological polar surface area (TPSA) is 60.2 Å². The van der Waals surface area contributed by atoms with Crippen LogP contribution in [0, 0.1) is 16.7 Å².